The van der Waals surface area contributed by atoms with E-state index in [4.69, 9.17) is 29.5 Å². The average molecular weight is 559 g/mol. The molecular formula is C30H38N8O3. The van der Waals surface area contributed by atoms with Crippen molar-refractivity contribution >= 4 is 40.9 Å². The van der Waals surface area contributed by atoms with E-state index in [-0.39, 0.29) is 0 Å². The van der Waals surface area contributed by atoms with Crippen LogP contribution in [0.5, 0.6) is 5.75 Å². The van der Waals surface area contributed by atoms with E-state index in [1.165, 1.54) is 0 Å². The highest BCUT2D eigenvalue weighted by atomic mass is 16.6. The van der Waals surface area contributed by atoms with E-state index >= 15 is 0 Å². The Hall–Kier alpha value is -4.67. The average Bonchev–Trinajstić information content (AvgIpc) is 3.22. The fourth-order valence-electron chi connectivity index (χ4n) is 4.20. The summed E-state index contributed by atoms with van der Waals surface area (Å²) in [5, 5.41) is 7.63. The molecule has 11 heteroatoms. The van der Waals surface area contributed by atoms with Gasteiger partial charge in [0.25, 0.3) is 0 Å². The maximum Gasteiger partial charge on any atom is 0.412 e. The number of anilines is 2. The molecule has 2 aromatic carbocycles. The lowest BCUT2D eigenvalue weighted by Gasteiger charge is -2.20. The van der Waals surface area contributed by atoms with Crippen molar-refractivity contribution in [1.29, 1.82) is 0 Å². The molecule has 2 aromatic heterocycles. The Morgan fingerprint density at radius 2 is 1.78 bits per heavy atom. The van der Waals surface area contributed by atoms with Crippen molar-refractivity contribution < 1.29 is 14.3 Å². The number of hydrogen-bond acceptors (Lipinski definition) is 8. The van der Waals surface area contributed by atoms with Gasteiger partial charge in [-0.05, 0) is 76.1 Å². The first kappa shape index (κ1) is 29.3. The molecule has 0 aliphatic carbocycles. The number of carbonyl (C=O) groups excluding carboxylic acids is 1. The van der Waals surface area contributed by atoms with Gasteiger partial charge in [0.1, 0.15) is 22.4 Å². The van der Waals surface area contributed by atoms with Gasteiger partial charge in [-0.15, -0.1) is 0 Å². The molecule has 2 heterocycles. The van der Waals surface area contributed by atoms with E-state index in [0.29, 0.717) is 35.0 Å². The summed E-state index contributed by atoms with van der Waals surface area (Å²) in [4.78, 5) is 30.6. The first-order chi connectivity index (χ1) is 19.3. The molecule has 0 atom stereocenters. The molecule has 0 radical (unpaired) electrons. The Morgan fingerprint density at radius 1 is 1.07 bits per heavy atom. The van der Waals surface area contributed by atoms with Gasteiger partial charge in [-0.25, -0.2) is 19.5 Å². The van der Waals surface area contributed by atoms with Crippen LogP contribution < -0.4 is 15.0 Å². The zero-order valence-electron chi connectivity index (χ0n) is 25.2. The van der Waals surface area contributed by atoms with Gasteiger partial charge >= 0.3 is 6.09 Å². The van der Waals surface area contributed by atoms with Crippen LogP contribution in [0.4, 0.5) is 22.2 Å². The predicted octanol–water partition coefficient (Wildman–Crippen LogP) is 5.65. The first-order valence-corrected chi connectivity index (χ1v) is 13.3. The van der Waals surface area contributed by atoms with E-state index < -0.39 is 11.7 Å². The lowest BCUT2D eigenvalue weighted by Crippen LogP contribution is -2.27. The minimum atomic E-state index is -0.588. The molecule has 1 amide bonds. The summed E-state index contributed by atoms with van der Waals surface area (Å²) in [6, 6.07) is 13.5. The van der Waals surface area contributed by atoms with E-state index in [1.807, 2.05) is 113 Å². The topological polar surface area (TPSA) is 110 Å². The van der Waals surface area contributed by atoms with E-state index in [0.717, 1.165) is 28.3 Å². The van der Waals surface area contributed by atoms with Crippen LogP contribution in [0.2, 0.25) is 0 Å². The van der Waals surface area contributed by atoms with Crippen molar-refractivity contribution in [3.63, 3.8) is 0 Å². The van der Waals surface area contributed by atoms with Crippen molar-refractivity contribution in [2.75, 3.05) is 38.5 Å². The first-order valence-electron chi connectivity index (χ1n) is 13.3. The van der Waals surface area contributed by atoms with Gasteiger partial charge in [0.15, 0.2) is 5.82 Å². The highest BCUT2D eigenvalue weighted by Crippen LogP contribution is 2.32. The van der Waals surface area contributed by atoms with Crippen molar-refractivity contribution in [3.05, 3.63) is 59.3 Å². The van der Waals surface area contributed by atoms with Crippen molar-refractivity contribution in [2.24, 2.45) is 4.99 Å². The van der Waals surface area contributed by atoms with Gasteiger partial charge in [-0.1, -0.05) is 12.1 Å². The van der Waals surface area contributed by atoms with Crippen LogP contribution in [0.1, 0.15) is 37.6 Å². The molecule has 0 aliphatic heterocycles. The number of nitrogens with one attached hydrogen (secondary N) is 1. The maximum atomic E-state index is 12.3. The van der Waals surface area contributed by atoms with Crippen LogP contribution in [0.25, 0.3) is 16.7 Å². The van der Waals surface area contributed by atoms with Crippen LogP contribution in [0, 0.1) is 13.8 Å². The molecule has 41 heavy (non-hydrogen) atoms. The summed E-state index contributed by atoms with van der Waals surface area (Å²) >= 11 is 0. The van der Waals surface area contributed by atoms with Crippen LogP contribution in [-0.4, -0.2) is 70.9 Å². The Kier molecular flexibility index (Phi) is 8.46. The summed E-state index contributed by atoms with van der Waals surface area (Å²) in [5.74, 6) is 1.84. The lowest BCUT2D eigenvalue weighted by atomic mass is 10.1. The molecule has 1 N–H and O–H groups in total. The molecule has 216 valence electrons. The van der Waals surface area contributed by atoms with Gasteiger partial charge in [0.2, 0.25) is 5.95 Å². The maximum absolute atomic E-state index is 12.3. The highest BCUT2D eigenvalue weighted by Gasteiger charge is 2.21. The van der Waals surface area contributed by atoms with Gasteiger partial charge in [-0.3, -0.25) is 5.32 Å². The molecule has 0 unspecified atom stereocenters. The normalized spacial score (nSPS) is 11.6. The molecule has 0 fully saturated rings. The molecule has 0 saturated carbocycles. The molecule has 4 aromatic rings. The Balaban J connectivity index is 1.73. The lowest BCUT2D eigenvalue weighted by molar-refractivity contribution is 0.0636. The molecule has 11 nitrogen and oxygen atoms in total. The monoisotopic (exact) mass is 558 g/mol. The molecule has 0 aliphatic rings. The number of ether oxygens (including phenoxy) is 2. The number of carbonyl (C=O) groups is 1. The third-order valence-electron chi connectivity index (χ3n) is 6.06. The molecule has 0 spiro atoms. The van der Waals surface area contributed by atoms with Gasteiger partial charge < -0.3 is 19.3 Å². The summed E-state index contributed by atoms with van der Waals surface area (Å²) in [5.41, 5.74) is 4.99. The smallest absolute Gasteiger partial charge is 0.412 e. The fraction of sp³-hybridized carbons (Fsp3) is 0.367. The van der Waals surface area contributed by atoms with Crippen LogP contribution in [0.15, 0.2) is 47.5 Å². The minimum Gasteiger partial charge on any atom is -0.497 e. The van der Waals surface area contributed by atoms with Crippen molar-refractivity contribution in [3.8, 4) is 11.4 Å². The third kappa shape index (κ3) is 7.10. The summed E-state index contributed by atoms with van der Waals surface area (Å²) < 4.78 is 12.5. The van der Waals surface area contributed by atoms with E-state index in [2.05, 4.69) is 5.32 Å². The number of nitrogens with zero attached hydrogens (tertiary/aromatic N) is 7. The van der Waals surface area contributed by atoms with Crippen LogP contribution in [-0.2, 0) is 11.3 Å². The Labute approximate surface area is 240 Å². The molecule has 0 saturated heterocycles. The quantitative estimate of drug-likeness (QED) is 0.218. The van der Waals surface area contributed by atoms with Crippen LogP contribution in [0.3, 0.4) is 0 Å². The number of benzene rings is 2. The fourth-order valence-corrected chi connectivity index (χ4v) is 4.20. The Morgan fingerprint density at radius 3 is 2.39 bits per heavy atom. The van der Waals surface area contributed by atoms with E-state index in [9.17, 15) is 4.79 Å². The van der Waals surface area contributed by atoms with Gasteiger partial charge in [0.05, 0.1) is 24.8 Å². The van der Waals surface area contributed by atoms with E-state index in [1.54, 1.807) is 13.4 Å². The van der Waals surface area contributed by atoms with Crippen molar-refractivity contribution in [2.45, 2.75) is 46.8 Å². The second-order valence-corrected chi connectivity index (χ2v) is 11.1. The number of methoxy groups -OCH3 is 1. The summed E-state index contributed by atoms with van der Waals surface area (Å²) in [6.07, 6.45) is 1.20. The molecule has 0 bridgehead atoms. The number of aromatic nitrogens is 4. The number of aliphatic imine (C=N–C) groups is 1. The number of fused-ring (bicyclic) bond motifs is 1. The number of amides is 1. The summed E-state index contributed by atoms with van der Waals surface area (Å²) in [6.45, 7) is 9.96. The Bertz CT molecular complexity index is 1570. The zero-order valence-corrected chi connectivity index (χ0v) is 25.2. The molecule has 4 rings (SSSR count). The third-order valence-corrected chi connectivity index (χ3v) is 6.06. The standard InChI is InChI=1S/C30H38N8O3/c1-19-16-22(32-29(39)41-30(3,4)5)12-15-24(19)38-26-25(20(2)35-38)33-28(34-27(26)31-18-36(6)7)37(8)17-21-10-13-23(40-9)14-11-21/h10-16,18H,17H2,1-9H3,(H,32,39)/b31-18+. The number of aryl methyl sites for hydroxylation is 2. The zero-order chi connectivity index (χ0) is 29.9. The van der Waals surface area contributed by atoms with Crippen molar-refractivity contribution in [1.82, 2.24) is 24.6 Å². The predicted molar refractivity (Wildman–Crippen MR) is 163 cm³/mol. The minimum absolute atomic E-state index is 0.497. The summed E-state index contributed by atoms with van der Waals surface area (Å²) in [7, 11) is 7.41. The second kappa shape index (κ2) is 11.8. The SMILES string of the molecule is COc1ccc(CN(C)c2nc(/N=C/N(C)C)c3c(n2)c(C)nn3-c2ccc(NC(=O)OC(C)(C)C)cc2C)cc1. The molecular weight excluding hydrogens is 520 g/mol. The number of hydrogen-bond donors (Lipinski definition) is 1. The van der Waals surface area contributed by atoms with Gasteiger partial charge in [0, 0.05) is 33.4 Å². The van der Waals surface area contributed by atoms with Crippen LogP contribution >= 0.6 is 0 Å². The second-order valence-electron chi connectivity index (χ2n) is 11.1. The van der Waals surface area contributed by atoms with Gasteiger partial charge in [-0.2, -0.15) is 10.1 Å². The highest BCUT2D eigenvalue weighted by molar-refractivity contribution is 5.90. The largest absolute Gasteiger partial charge is 0.497 e. The number of rotatable bonds is 8.